The SMILES string of the molecule is CCCCCCCCCCCCCCCCC(=O)OC[C@H](CO[C@@H]1O[C@H](CO)[C@H](O)[C@H](O)[C@H]1O)OC(=O)CCCCCCCCCCCCC. The molecule has 1 fully saturated rings. The zero-order valence-electron chi connectivity index (χ0n) is 31.9. The van der Waals surface area contributed by atoms with E-state index in [4.69, 9.17) is 18.9 Å². The normalized spacial score (nSPS) is 21.3. The fourth-order valence-corrected chi connectivity index (χ4v) is 6.42. The van der Waals surface area contributed by atoms with E-state index >= 15 is 0 Å². The van der Waals surface area contributed by atoms with Crippen LogP contribution in [0.3, 0.4) is 0 Å². The zero-order chi connectivity index (χ0) is 36.7. The van der Waals surface area contributed by atoms with E-state index < -0.39 is 49.4 Å². The topological polar surface area (TPSA) is 152 Å². The van der Waals surface area contributed by atoms with E-state index in [1.54, 1.807) is 0 Å². The van der Waals surface area contributed by atoms with E-state index in [-0.39, 0.29) is 32.0 Å². The van der Waals surface area contributed by atoms with Crippen LogP contribution in [-0.4, -0.2) is 89.0 Å². The number of carbonyl (C=O) groups excluding carboxylic acids is 2. The molecule has 0 aliphatic carbocycles. The first-order valence-corrected chi connectivity index (χ1v) is 20.6. The van der Waals surface area contributed by atoms with Crippen LogP contribution in [0.4, 0.5) is 0 Å². The highest BCUT2D eigenvalue weighted by atomic mass is 16.7. The Hall–Kier alpha value is -1.30. The maximum absolute atomic E-state index is 12.7. The van der Waals surface area contributed by atoms with Crippen molar-refractivity contribution in [1.29, 1.82) is 0 Å². The predicted octanol–water partition coefficient (Wildman–Crippen LogP) is 7.83. The second kappa shape index (κ2) is 32.4. The van der Waals surface area contributed by atoms with Crippen LogP contribution < -0.4 is 0 Å². The molecule has 10 heteroatoms. The molecule has 1 rings (SSSR count). The quantitative estimate of drug-likeness (QED) is 0.0383. The lowest BCUT2D eigenvalue weighted by Crippen LogP contribution is -2.59. The Balaban J connectivity index is 2.35. The molecule has 0 unspecified atom stereocenters. The standard InChI is InChI=1S/C40H76O10/c1-3-5-7-9-11-13-15-16-17-19-20-22-24-26-28-35(42)47-31-33(32-48-40-39(46)38(45)37(44)34(30-41)50-40)49-36(43)29-27-25-23-21-18-14-12-10-8-6-4-2/h33-34,37-41,44-46H,3-32H2,1-2H3/t33-,34-,37+,38+,39-,40-/m1/s1. The molecule has 0 aromatic carbocycles. The molecule has 0 amide bonds. The van der Waals surface area contributed by atoms with Gasteiger partial charge in [-0.15, -0.1) is 0 Å². The van der Waals surface area contributed by atoms with Gasteiger partial charge in [0.25, 0.3) is 0 Å². The Bertz CT molecular complexity index is 794. The monoisotopic (exact) mass is 717 g/mol. The minimum atomic E-state index is -1.59. The van der Waals surface area contributed by atoms with Crippen LogP contribution in [0.1, 0.15) is 187 Å². The van der Waals surface area contributed by atoms with Gasteiger partial charge in [-0.3, -0.25) is 9.59 Å². The van der Waals surface area contributed by atoms with Crippen molar-refractivity contribution in [3.8, 4) is 0 Å². The third-order valence-electron chi connectivity index (χ3n) is 9.74. The van der Waals surface area contributed by atoms with Gasteiger partial charge < -0.3 is 39.4 Å². The van der Waals surface area contributed by atoms with E-state index in [2.05, 4.69) is 13.8 Å². The molecular formula is C40H76O10. The summed E-state index contributed by atoms with van der Waals surface area (Å²) in [5, 5.41) is 39.9. The average Bonchev–Trinajstić information content (AvgIpc) is 3.11. The molecule has 1 heterocycles. The van der Waals surface area contributed by atoms with Crippen LogP contribution in [0.5, 0.6) is 0 Å². The van der Waals surface area contributed by atoms with E-state index in [0.717, 1.165) is 38.5 Å². The van der Waals surface area contributed by atoms with Gasteiger partial charge in [0, 0.05) is 12.8 Å². The molecule has 0 bridgehead atoms. The summed E-state index contributed by atoms with van der Waals surface area (Å²) in [6.07, 6.45) is 22.5. The van der Waals surface area contributed by atoms with E-state index in [1.807, 2.05) is 0 Å². The number of esters is 2. The number of rotatable bonds is 34. The maximum atomic E-state index is 12.7. The van der Waals surface area contributed by atoms with Crippen LogP contribution in [0, 0.1) is 0 Å². The number of unbranched alkanes of at least 4 members (excludes halogenated alkanes) is 23. The molecule has 296 valence electrons. The Kier molecular flexibility index (Phi) is 30.2. The third kappa shape index (κ3) is 24.0. The summed E-state index contributed by atoms with van der Waals surface area (Å²) in [5.41, 5.74) is 0. The molecule has 0 radical (unpaired) electrons. The lowest BCUT2D eigenvalue weighted by Gasteiger charge is -2.39. The van der Waals surface area contributed by atoms with Crippen LogP contribution in [-0.2, 0) is 28.5 Å². The average molecular weight is 717 g/mol. The first-order valence-electron chi connectivity index (χ1n) is 20.6. The van der Waals surface area contributed by atoms with Gasteiger partial charge in [-0.25, -0.2) is 0 Å². The highest BCUT2D eigenvalue weighted by Gasteiger charge is 2.44. The van der Waals surface area contributed by atoms with Crippen molar-refractivity contribution in [1.82, 2.24) is 0 Å². The van der Waals surface area contributed by atoms with Gasteiger partial charge in [-0.1, -0.05) is 162 Å². The lowest BCUT2D eigenvalue weighted by molar-refractivity contribution is -0.305. The van der Waals surface area contributed by atoms with Gasteiger partial charge in [0.2, 0.25) is 0 Å². The minimum Gasteiger partial charge on any atom is -0.462 e. The molecule has 0 spiro atoms. The van der Waals surface area contributed by atoms with Crippen LogP contribution in [0.2, 0.25) is 0 Å². The summed E-state index contributed by atoms with van der Waals surface area (Å²) in [5.74, 6) is -0.797. The molecule has 10 nitrogen and oxygen atoms in total. The van der Waals surface area contributed by atoms with Gasteiger partial charge in [0.1, 0.15) is 31.0 Å². The predicted molar refractivity (Wildman–Crippen MR) is 197 cm³/mol. The van der Waals surface area contributed by atoms with Gasteiger partial charge in [0.05, 0.1) is 13.2 Å². The number of hydrogen-bond acceptors (Lipinski definition) is 10. The van der Waals surface area contributed by atoms with Crippen molar-refractivity contribution >= 4 is 11.9 Å². The lowest BCUT2D eigenvalue weighted by atomic mass is 9.99. The number of aliphatic hydroxyl groups excluding tert-OH is 4. The molecule has 0 aromatic rings. The second-order valence-corrected chi connectivity index (χ2v) is 14.5. The summed E-state index contributed by atoms with van der Waals surface area (Å²) in [7, 11) is 0. The van der Waals surface area contributed by atoms with Gasteiger partial charge in [0.15, 0.2) is 12.4 Å². The van der Waals surface area contributed by atoms with Crippen molar-refractivity contribution < 1.29 is 49.0 Å². The van der Waals surface area contributed by atoms with E-state index in [9.17, 15) is 30.0 Å². The Labute approximate surface area is 304 Å². The highest BCUT2D eigenvalue weighted by Crippen LogP contribution is 2.23. The molecular weight excluding hydrogens is 640 g/mol. The van der Waals surface area contributed by atoms with E-state index in [0.29, 0.717) is 6.42 Å². The summed E-state index contributed by atoms with van der Waals surface area (Å²) in [6.45, 7) is 3.42. The Morgan fingerprint density at radius 1 is 0.540 bits per heavy atom. The highest BCUT2D eigenvalue weighted by molar-refractivity contribution is 5.70. The Morgan fingerprint density at radius 2 is 0.940 bits per heavy atom. The first-order chi connectivity index (χ1) is 24.3. The van der Waals surface area contributed by atoms with Crippen molar-refractivity contribution in [2.45, 2.75) is 224 Å². The number of hydrogen-bond donors (Lipinski definition) is 4. The van der Waals surface area contributed by atoms with Crippen molar-refractivity contribution in [3.05, 3.63) is 0 Å². The molecule has 6 atom stereocenters. The molecule has 1 aliphatic rings. The number of aliphatic hydroxyl groups is 4. The fraction of sp³-hybridized carbons (Fsp3) is 0.950. The molecule has 50 heavy (non-hydrogen) atoms. The molecule has 4 N–H and O–H groups in total. The van der Waals surface area contributed by atoms with Crippen molar-refractivity contribution in [2.75, 3.05) is 19.8 Å². The van der Waals surface area contributed by atoms with Gasteiger partial charge in [-0.2, -0.15) is 0 Å². The summed E-state index contributed by atoms with van der Waals surface area (Å²) < 4.78 is 22.1. The number of carbonyl (C=O) groups is 2. The third-order valence-corrected chi connectivity index (χ3v) is 9.74. The minimum absolute atomic E-state index is 0.209. The smallest absolute Gasteiger partial charge is 0.306 e. The van der Waals surface area contributed by atoms with Crippen LogP contribution in [0.15, 0.2) is 0 Å². The summed E-state index contributed by atoms with van der Waals surface area (Å²) >= 11 is 0. The molecule has 1 aliphatic heterocycles. The van der Waals surface area contributed by atoms with Gasteiger partial charge >= 0.3 is 11.9 Å². The second-order valence-electron chi connectivity index (χ2n) is 14.5. The van der Waals surface area contributed by atoms with Crippen molar-refractivity contribution in [2.24, 2.45) is 0 Å². The maximum Gasteiger partial charge on any atom is 0.306 e. The van der Waals surface area contributed by atoms with Crippen LogP contribution >= 0.6 is 0 Å². The first kappa shape index (κ1) is 46.7. The largest absolute Gasteiger partial charge is 0.462 e. The van der Waals surface area contributed by atoms with Crippen LogP contribution in [0.25, 0.3) is 0 Å². The fourth-order valence-electron chi connectivity index (χ4n) is 6.42. The molecule has 1 saturated heterocycles. The zero-order valence-corrected chi connectivity index (χ0v) is 31.9. The summed E-state index contributed by atoms with van der Waals surface area (Å²) in [4.78, 5) is 25.2. The molecule has 0 aromatic heterocycles. The van der Waals surface area contributed by atoms with E-state index in [1.165, 1.54) is 116 Å². The number of ether oxygens (including phenoxy) is 4. The van der Waals surface area contributed by atoms with Crippen molar-refractivity contribution in [3.63, 3.8) is 0 Å². The summed E-state index contributed by atoms with van der Waals surface area (Å²) in [6, 6.07) is 0. The molecule has 0 saturated carbocycles. The Morgan fingerprint density at radius 3 is 1.36 bits per heavy atom. The van der Waals surface area contributed by atoms with Gasteiger partial charge in [-0.05, 0) is 12.8 Å².